The van der Waals surface area contributed by atoms with Gasteiger partial charge < -0.3 is 15.7 Å². The summed E-state index contributed by atoms with van der Waals surface area (Å²) in [5.41, 5.74) is 3.47. The van der Waals surface area contributed by atoms with Crippen molar-refractivity contribution in [1.29, 1.82) is 0 Å². The van der Waals surface area contributed by atoms with Gasteiger partial charge in [0.1, 0.15) is 11.6 Å². The fraction of sp³-hybridized carbons (Fsp3) is 0.346. The van der Waals surface area contributed by atoms with Crippen molar-refractivity contribution < 1.29 is 18.7 Å². The number of carboxylic acid groups (broad SMARTS) is 1. The lowest BCUT2D eigenvalue weighted by Crippen LogP contribution is -2.50. The van der Waals surface area contributed by atoms with Crippen molar-refractivity contribution in [3.05, 3.63) is 77.5 Å². The summed E-state index contributed by atoms with van der Waals surface area (Å²) >= 11 is 0. The first kappa shape index (κ1) is 24.7. The van der Waals surface area contributed by atoms with Crippen molar-refractivity contribution in [3.63, 3.8) is 0 Å². The Morgan fingerprint density at radius 2 is 1.97 bits per heavy atom. The lowest BCUT2D eigenvalue weighted by Gasteiger charge is -2.33. The van der Waals surface area contributed by atoms with Crippen LogP contribution in [0.2, 0.25) is 0 Å². The SMILES string of the molecule is O=C(O)CCC1CN(Cc2cccc(-c3ccnc(NCCc4cc(F)cc(F)c4)n3)c2)CCN1. The third-order valence-electron chi connectivity index (χ3n) is 5.95. The van der Waals surface area contributed by atoms with Gasteiger partial charge in [-0.3, -0.25) is 9.69 Å². The van der Waals surface area contributed by atoms with Gasteiger partial charge in [-0.1, -0.05) is 18.2 Å². The topological polar surface area (TPSA) is 90.4 Å². The Morgan fingerprint density at radius 3 is 2.77 bits per heavy atom. The molecule has 1 saturated heterocycles. The van der Waals surface area contributed by atoms with Crippen LogP contribution in [0, 0.1) is 11.6 Å². The molecule has 1 aromatic heterocycles. The van der Waals surface area contributed by atoms with E-state index >= 15 is 0 Å². The monoisotopic (exact) mass is 481 g/mol. The Labute approximate surface area is 203 Å². The number of rotatable bonds is 10. The molecule has 0 saturated carbocycles. The number of nitrogens with zero attached hydrogens (tertiary/aromatic N) is 3. The van der Waals surface area contributed by atoms with Crippen LogP contribution in [0.5, 0.6) is 0 Å². The number of aromatic nitrogens is 2. The van der Waals surface area contributed by atoms with Crippen molar-refractivity contribution in [1.82, 2.24) is 20.2 Å². The van der Waals surface area contributed by atoms with Crippen molar-refractivity contribution in [3.8, 4) is 11.3 Å². The van der Waals surface area contributed by atoms with E-state index < -0.39 is 17.6 Å². The molecule has 3 N–H and O–H groups in total. The predicted octanol–water partition coefficient (Wildman–Crippen LogP) is 3.72. The summed E-state index contributed by atoms with van der Waals surface area (Å²) in [7, 11) is 0. The molecule has 35 heavy (non-hydrogen) atoms. The summed E-state index contributed by atoms with van der Waals surface area (Å²) in [6.45, 7) is 3.78. The van der Waals surface area contributed by atoms with Crippen molar-refractivity contribution in [2.75, 3.05) is 31.5 Å². The van der Waals surface area contributed by atoms with Gasteiger partial charge in [0.25, 0.3) is 0 Å². The second kappa shape index (κ2) is 11.8. The lowest BCUT2D eigenvalue weighted by molar-refractivity contribution is -0.137. The first-order valence-corrected chi connectivity index (χ1v) is 11.7. The van der Waals surface area contributed by atoms with Gasteiger partial charge in [0.05, 0.1) is 5.69 Å². The third-order valence-corrected chi connectivity index (χ3v) is 5.95. The maximum Gasteiger partial charge on any atom is 0.303 e. The van der Waals surface area contributed by atoms with Gasteiger partial charge in [0.2, 0.25) is 5.95 Å². The van der Waals surface area contributed by atoms with E-state index in [4.69, 9.17) is 5.11 Å². The minimum atomic E-state index is -0.766. The maximum absolute atomic E-state index is 13.4. The number of anilines is 1. The highest BCUT2D eigenvalue weighted by atomic mass is 19.1. The van der Waals surface area contributed by atoms with Gasteiger partial charge in [-0.2, -0.15) is 0 Å². The zero-order valence-corrected chi connectivity index (χ0v) is 19.4. The number of nitrogens with one attached hydrogen (secondary N) is 2. The predicted molar refractivity (Wildman–Crippen MR) is 130 cm³/mol. The van der Waals surface area contributed by atoms with Crippen LogP contribution in [0.4, 0.5) is 14.7 Å². The van der Waals surface area contributed by atoms with Gasteiger partial charge in [-0.25, -0.2) is 18.7 Å². The summed E-state index contributed by atoms with van der Waals surface area (Å²) in [6, 6.07) is 13.7. The zero-order valence-electron chi connectivity index (χ0n) is 19.4. The van der Waals surface area contributed by atoms with E-state index in [9.17, 15) is 13.6 Å². The first-order chi connectivity index (χ1) is 16.9. The van der Waals surface area contributed by atoms with Crippen molar-refractivity contribution in [2.24, 2.45) is 0 Å². The second-order valence-corrected chi connectivity index (χ2v) is 8.74. The molecular formula is C26H29F2N5O2. The van der Waals surface area contributed by atoms with Crippen LogP contribution in [0.3, 0.4) is 0 Å². The average Bonchev–Trinajstić information content (AvgIpc) is 2.83. The molecule has 0 spiro atoms. The van der Waals surface area contributed by atoms with E-state index in [0.717, 1.165) is 49.1 Å². The standard InChI is InChI=1S/C26H29F2N5O2/c27-21-13-18(14-22(28)15-21)6-8-30-26-31-9-7-24(32-26)20-3-1-2-19(12-20)16-33-11-10-29-23(17-33)4-5-25(34)35/h1-3,7,9,12-15,23,29H,4-6,8,10-11,16-17H2,(H,34,35)(H,30,31,32). The number of benzene rings is 2. The van der Waals surface area contributed by atoms with E-state index in [1.807, 2.05) is 18.2 Å². The fourth-order valence-corrected chi connectivity index (χ4v) is 4.29. The molecule has 4 rings (SSSR count). The lowest BCUT2D eigenvalue weighted by atomic mass is 10.1. The van der Waals surface area contributed by atoms with Gasteiger partial charge in [-0.15, -0.1) is 0 Å². The van der Waals surface area contributed by atoms with Crippen LogP contribution in [0.25, 0.3) is 11.3 Å². The number of hydrogen-bond acceptors (Lipinski definition) is 6. The van der Waals surface area contributed by atoms with E-state index in [1.165, 1.54) is 12.1 Å². The van der Waals surface area contributed by atoms with Crippen LogP contribution in [0.15, 0.2) is 54.7 Å². The highest BCUT2D eigenvalue weighted by Gasteiger charge is 2.20. The first-order valence-electron chi connectivity index (χ1n) is 11.7. The van der Waals surface area contributed by atoms with Gasteiger partial charge >= 0.3 is 5.97 Å². The smallest absolute Gasteiger partial charge is 0.303 e. The minimum Gasteiger partial charge on any atom is -0.481 e. The molecule has 1 fully saturated rings. The van der Waals surface area contributed by atoms with Crippen LogP contribution < -0.4 is 10.6 Å². The Kier molecular flexibility index (Phi) is 8.33. The molecule has 3 aromatic rings. The minimum absolute atomic E-state index is 0.171. The Balaban J connectivity index is 1.35. The van der Waals surface area contributed by atoms with E-state index in [2.05, 4.69) is 37.6 Å². The number of hydrogen-bond donors (Lipinski definition) is 3. The number of halogens is 2. The Hall–Kier alpha value is -3.43. The summed E-state index contributed by atoms with van der Waals surface area (Å²) in [4.78, 5) is 22.1. The zero-order chi connectivity index (χ0) is 24.6. The fourth-order valence-electron chi connectivity index (χ4n) is 4.29. The van der Waals surface area contributed by atoms with Crippen LogP contribution >= 0.6 is 0 Å². The normalized spacial score (nSPS) is 16.2. The maximum atomic E-state index is 13.4. The molecule has 0 radical (unpaired) electrons. The molecule has 1 atom stereocenters. The highest BCUT2D eigenvalue weighted by molar-refractivity contribution is 5.66. The van der Waals surface area contributed by atoms with Crippen molar-refractivity contribution in [2.45, 2.75) is 31.8 Å². The van der Waals surface area contributed by atoms with Gasteiger partial charge in [-0.05, 0) is 48.2 Å². The van der Waals surface area contributed by atoms with Crippen LogP contribution in [0.1, 0.15) is 24.0 Å². The summed E-state index contributed by atoms with van der Waals surface area (Å²) < 4.78 is 26.7. The van der Waals surface area contributed by atoms with Crippen LogP contribution in [-0.2, 0) is 17.8 Å². The molecule has 2 heterocycles. The molecule has 2 aromatic carbocycles. The number of piperazine rings is 1. The van der Waals surface area contributed by atoms with Crippen molar-refractivity contribution >= 4 is 11.9 Å². The summed E-state index contributed by atoms with van der Waals surface area (Å²) in [5.74, 6) is -1.49. The molecule has 0 aliphatic carbocycles. The molecule has 1 aliphatic heterocycles. The number of carboxylic acids is 1. The number of carbonyl (C=O) groups is 1. The molecule has 184 valence electrons. The van der Waals surface area contributed by atoms with Gasteiger partial charge in [0, 0.05) is 63.0 Å². The molecular weight excluding hydrogens is 452 g/mol. The molecule has 7 nitrogen and oxygen atoms in total. The average molecular weight is 482 g/mol. The van der Waals surface area contributed by atoms with Gasteiger partial charge in [0.15, 0.2) is 0 Å². The van der Waals surface area contributed by atoms with Crippen LogP contribution in [-0.4, -0.2) is 58.2 Å². The quantitative estimate of drug-likeness (QED) is 0.407. The molecule has 9 heteroatoms. The highest BCUT2D eigenvalue weighted by Crippen LogP contribution is 2.21. The number of aliphatic carboxylic acids is 1. The second-order valence-electron chi connectivity index (χ2n) is 8.74. The van der Waals surface area contributed by atoms with E-state index in [1.54, 1.807) is 6.20 Å². The van der Waals surface area contributed by atoms with E-state index in [-0.39, 0.29) is 12.5 Å². The molecule has 1 unspecified atom stereocenters. The largest absolute Gasteiger partial charge is 0.481 e. The molecule has 0 bridgehead atoms. The molecule has 1 aliphatic rings. The third kappa shape index (κ3) is 7.53. The summed E-state index contributed by atoms with van der Waals surface area (Å²) in [6.07, 6.45) is 2.92. The Morgan fingerprint density at radius 1 is 1.14 bits per heavy atom. The molecule has 0 amide bonds. The Bertz CT molecular complexity index is 1140. The summed E-state index contributed by atoms with van der Waals surface area (Å²) in [5, 5.41) is 15.5. The van der Waals surface area contributed by atoms with E-state index in [0.29, 0.717) is 30.9 Å².